The van der Waals surface area contributed by atoms with Crippen LogP contribution in [0.5, 0.6) is 0 Å². The molecule has 0 aliphatic carbocycles. The van der Waals surface area contributed by atoms with E-state index in [1.54, 1.807) is 18.2 Å². The summed E-state index contributed by atoms with van der Waals surface area (Å²) in [5.74, 6) is 0. The lowest BCUT2D eigenvalue weighted by molar-refractivity contribution is 1.41. The van der Waals surface area contributed by atoms with Gasteiger partial charge in [0.05, 0.1) is 16.3 Å². The molecule has 0 unspecified atom stereocenters. The van der Waals surface area contributed by atoms with Crippen LogP contribution in [0.15, 0.2) is 26.8 Å². The molecule has 0 aromatic heterocycles. The Morgan fingerprint density at radius 2 is 1.83 bits per heavy atom. The van der Waals surface area contributed by atoms with E-state index in [9.17, 15) is 0 Å². The quantitative estimate of drug-likeness (QED) is 0.613. The second kappa shape index (κ2) is 6.42. The minimum Gasteiger partial charge on any atom is -0.358 e. The SMILES string of the molecule is N#CC(C#N)=CNc1c(Br)cc(Br)c(Cl)c1C#N. The van der Waals surface area contributed by atoms with Crippen molar-refractivity contribution in [2.24, 2.45) is 0 Å². The van der Waals surface area contributed by atoms with Gasteiger partial charge in [0.1, 0.15) is 23.8 Å². The van der Waals surface area contributed by atoms with Crippen LogP contribution in [0.25, 0.3) is 0 Å². The number of hydrogen-bond acceptors (Lipinski definition) is 4. The van der Waals surface area contributed by atoms with Crippen molar-refractivity contribution in [2.45, 2.75) is 0 Å². The molecule has 7 heteroatoms. The molecule has 1 aromatic carbocycles. The van der Waals surface area contributed by atoms with Gasteiger partial charge in [0.15, 0.2) is 0 Å². The lowest BCUT2D eigenvalue weighted by atomic mass is 10.2. The first-order valence-electron chi connectivity index (χ1n) is 4.39. The van der Waals surface area contributed by atoms with E-state index in [1.807, 2.05) is 6.07 Å². The van der Waals surface area contributed by atoms with Gasteiger partial charge in [0.2, 0.25) is 0 Å². The molecule has 1 aromatic rings. The number of anilines is 1. The van der Waals surface area contributed by atoms with Gasteiger partial charge in [0.25, 0.3) is 0 Å². The van der Waals surface area contributed by atoms with E-state index in [4.69, 9.17) is 27.4 Å². The Kier molecular flexibility index (Phi) is 5.19. The van der Waals surface area contributed by atoms with Crippen LogP contribution >= 0.6 is 43.5 Å². The van der Waals surface area contributed by atoms with Crippen molar-refractivity contribution in [1.82, 2.24) is 0 Å². The van der Waals surface area contributed by atoms with E-state index >= 15 is 0 Å². The van der Waals surface area contributed by atoms with E-state index in [0.717, 1.165) is 0 Å². The minimum absolute atomic E-state index is 0.107. The molecule has 18 heavy (non-hydrogen) atoms. The minimum atomic E-state index is -0.107. The fraction of sp³-hybridized carbons (Fsp3) is 0. The maximum Gasteiger partial charge on any atom is 0.145 e. The predicted octanol–water partition coefficient (Wildman–Crippen LogP) is 4.08. The summed E-state index contributed by atoms with van der Waals surface area (Å²) in [5.41, 5.74) is 0.503. The van der Waals surface area contributed by atoms with Gasteiger partial charge in [-0.2, -0.15) is 15.8 Å². The van der Waals surface area contributed by atoms with Crippen molar-refractivity contribution in [1.29, 1.82) is 15.8 Å². The summed E-state index contributed by atoms with van der Waals surface area (Å²) >= 11 is 12.5. The van der Waals surface area contributed by atoms with Crippen molar-refractivity contribution in [3.05, 3.63) is 37.4 Å². The Morgan fingerprint density at radius 1 is 1.22 bits per heavy atom. The zero-order valence-corrected chi connectivity index (χ0v) is 12.6. The molecule has 1 rings (SSSR count). The van der Waals surface area contributed by atoms with E-state index in [2.05, 4.69) is 37.2 Å². The molecule has 1 N–H and O–H groups in total. The number of rotatable bonds is 2. The van der Waals surface area contributed by atoms with Gasteiger partial charge in [0, 0.05) is 15.1 Å². The third-order valence-corrected chi connectivity index (χ3v) is 3.76. The summed E-state index contributed by atoms with van der Waals surface area (Å²) in [5, 5.41) is 29.3. The van der Waals surface area contributed by atoms with Crippen LogP contribution < -0.4 is 5.32 Å². The van der Waals surface area contributed by atoms with Crippen molar-refractivity contribution in [3.63, 3.8) is 0 Å². The summed E-state index contributed by atoms with van der Waals surface area (Å²) in [7, 11) is 0. The van der Waals surface area contributed by atoms with E-state index < -0.39 is 0 Å². The van der Waals surface area contributed by atoms with Crippen LogP contribution in [0.4, 0.5) is 5.69 Å². The number of nitrogens with one attached hydrogen (secondary N) is 1. The van der Waals surface area contributed by atoms with Crippen LogP contribution in [0.2, 0.25) is 5.02 Å². The molecule has 0 saturated heterocycles. The van der Waals surface area contributed by atoms with E-state index in [0.29, 0.717) is 14.6 Å². The van der Waals surface area contributed by atoms with Gasteiger partial charge in [-0.15, -0.1) is 0 Å². The number of nitrogens with zero attached hydrogens (tertiary/aromatic N) is 3. The van der Waals surface area contributed by atoms with Crippen LogP contribution in [0.1, 0.15) is 5.56 Å². The molecule has 0 heterocycles. The van der Waals surface area contributed by atoms with Crippen LogP contribution in [0, 0.1) is 34.0 Å². The molecular weight excluding hydrogens is 383 g/mol. The Balaban J connectivity index is 3.32. The third-order valence-electron chi connectivity index (χ3n) is 1.88. The Labute approximate surface area is 125 Å². The van der Waals surface area contributed by atoms with Gasteiger partial charge < -0.3 is 5.32 Å². The molecule has 0 radical (unpaired) electrons. The van der Waals surface area contributed by atoms with Crippen LogP contribution in [-0.2, 0) is 0 Å². The fourth-order valence-electron chi connectivity index (χ4n) is 1.08. The number of hydrogen-bond donors (Lipinski definition) is 1. The number of allylic oxidation sites excluding steroid dienone is 1. The van der Waals surface area contributed by atoms with Gasteiger partial charge >= 0.3 is 0 Å². The van der Waals surface area contributed by atoms with Crippen LogP contribution in [0.3, 0.4) is 0 Å². The second-order valence-electron chi connectivity index (χ2n) is 2.94. The summed E-state index contributed by atoms with van der Waals surface area (Å²) in [6.07, 6.45) is 1.21. The first kappa shape index (κ1) is 14.5. The average Bonchev–Trinajstić information content (AvgIpc) is 2.36. The van der Waals surface area contributed by atoms with Crippen molar-refractivity contribution >= 4 is 49.1 Å². The van der Waals surface area contributed by atoms with Gasteiger partial charge in [-0.1, -0.05) is 11.6 Å². The highest BCUT2D eigenvalue weighted by atomic mass is 79.9. The molecule has 4 nitrogen and oxygen atoms in total. The maximum absolute atomic E-state index is 9.06. The fourth-order valence-corrected chi connectivity index (χ4v) is 2.54. The number of benzene rings is 1. The highest BCUT2D eigenvalue weighted by Crippen LogP contribution is 2.37. The monoisotopic (exact) mass is 384 g/mol. The standard InChI is InChI=1S/C11H3Br2ClN4/c12-8-1-9(13)11(7(4-17)10(8)14)18-5-6(2-15)3-16/h1,5,18H. The molecule has 88 valence electrons. The topological polar surface area (TPSA) is 83.4 Å². The summed E-state index contributed by atoms with van der Waals surface area (Å²) < 4.78 is 1.16. The summed E-state index contributed by atoms with van der Waals surface area (Å²) in [6.45, 7) is 0. The van der Waals surface area contributed by atoms with Crippen molar-refractivity contribution in [3.8, 4) is 18.2 Å². The molecule has 0 bridgehead atoms. The van der Waals surface area contributed by atoms with E-state index in [-0.39, 0.29) is 16.2 Å². The van der Waals surface area contributed by atoms with Gasteiger partial charge in [-0.3, -0.25) is 0 Å². The van der Waals surface area contributed by atoms with Crippen LogP contribution in [-0.4, -0.2) is 0 Å². The largest absolute Gasteiger partial charge is 0.358 e. The predicted molar refractivity (Wildman–Crippen MR) is 74.5 cm³/mol. The van der Waals surface area contributed by atoms with Gasteiger partial charge in [-0.25, -0.2) is 0 Å². The highest BCUT2D eigenvalue weighted by Gasteiger charge is 2.14. The second-order valence-corrected chi connectivity index (χ2v) is 5.03. The third kappa shape index (κ3) is 3.03. The normalized spacial score (nSPS) is 8.67. The van der Waals surface area contributed by atoms with Crippen molar-refractivity contribution in [2.75, 3.05) is 5.32 Å². The molecule has 0 aliphatic rings. The molecular formula is C11H3Br2ClN4. The lowest BCUT2D eigenvalue weighted by Gasteiger charge is -2.09. The highest BCUT2D eigenvalue weighted by molar-refractivity contribution is 9.11. The Hall–Kier alpha value is -1.52. The number of nitriles is 3. The molecule has 0 spiro atoms. The molecule has 0 fully saturated rings. The average molecular weight is 386 g/mol. The molecule has 0 atom stereocenters. The van der Waals surface area contributed by atoms with Crippen molar-refractivity contribution < 1.29 is 0 Å². The summed E-state index contributed by atoms with van der Waals surface area (Å²) in [6, 6.07) is 7.02. The summed E-state index contributed by atoms with van der Waals surface area (Å²) in [4.78, 5) is 0. The number of halogens is 3. The Morgan fingerprint density at radius 3 is 2.33 bits per heavy atom. The Bertz CT molecular complexity index is 631. The first-order valence-corrected chi connectivity index (χ1v) is 6.36. The van der Waals surface area contributed by atoms with E-state index in [1.165, 1.54) is 6.20 Å². The molecule has 0 aliphatic heterocycles. The first-order chi connectivity index (χ1) is 8.54. The zero-order chi connectivity index (χ0) is 13.7. The maximum atomic E-state index is 9.06. The zero-order valence-electron chi connectivity index (χ0n) is 8.63. The molecule has 0 amide bonds. The lowest BCUT2D eigenvalue weighted by Crippen LogP contribution is -1.96. The smallest absolute Gasteiger partial charge is 0.145 e. The molecule has 0 saturated carbocycles. The van der Waals surface area contributed by atoms with Gasteiger partial charge in [-0.05, 0) is 37.9 Å².